The zero-order valence-corrected chi connectivity index (χ0v) is 8.41. The molecular formula is C8H9ClS2. The number of halogens is 1. The predicted octanol–water partition coefficient (Wildman–Crippen LogP) is 2.94. The van der Waals surface area contributed by atoms with Crippen LogP contribution in [0.3, 0.4) is 0 Å². The van der Waals surface area contributed by atoms with Crippen LogP contribution >= 0.6 is 36.9 Å². The Hall–Kier alpha value is 0.210. The summed E-state index contributed by atoms with van der Waals surface area (Å²) >= 11 is 14.3. The van der Waals surface area contributed by atoms with Gasteiger partial charge < -0.3 is 0 Å². The van der Waals surface area contributed by atoms with Gasteiger partial charge in [-0.2, -0.15) is 25.3 Å². The highest BCUT2D eigenvalue weighted by Crippen LogP contribution is 2.33. The minimum Gasteiger partial charge on any atom is -0.156 e. The van der Waals surface area contributed by atoms with Gasteiger partial charge in [0.05, 0.1) is 4.08 Å². The van der Waals surface area contributed by atoms with Gasteiger partial charge in [-0.3, -0.25) is 0 Å². The Kier molecular flexibility index (Phi) is 3.16. The van der Waals surface area contributed by atoms with Crippen LogP contribution in [0, 0.1) is 0 Å². The van der Waals surface area contributed by atoms with E-state index in [2.05, 4.69) is 25.3 Å². The lowest BCUT2D eigenvalue weighted by Gasteiger charge is -2.19. The van der Waals surface area contributed by atoms with Crippen LogP contribution in [-0.4, -0.2) is 5.88 Å². The molecule has 0 heterocycles. The van der Waals surface area contributed by atoms with E-state index in [4.69, 9.17) is 11.6 Å². The van der Waals surface area contributed by atoms with Gasteiger partial charge in [0.2, 0.25) is 0 Å². The molecule has 0 fully saturated rings. The van der Waals surface area contributed by atoms with Gasteiger partial charge in [0.1, 0.15) is 0 Å². The molecule has 0 nitrogen and oxygen atoms in total. The summed E-state index contributed by atoms with van der Waals surface area (Å²) < 4.78 is -0.511. The first-order chi connectivity index (χ1) is 5.17. The highest BCUT2D eigenvalue weighted by atomic mass is 35.5. The lowest BCUT2D eigenvalue weighted by Crippen LogP contribution is -2.11. The van der Waals surface area contributed by atoms with Crippen molar-refractivity contribution in [3.05, 3.63) is 35.9 Å². The van der Waals surface area contributed by atoms with E-state index in [1.165, 1.54) is 0 Å². The van der Waals surface area contributed by atoms with Crippen molar-refractivity contribution in [2.75, 3.05) is 5.88 Å². The van der Waals surface area contributed by atoms with Gasteiger partial charge in [-0.1, -0.05) is 30.3 Å². The molecule has 0 saturated heterocycles. The summed E-state index contributed by atoms with van der Waals surface area (Å²) in [6, 6.07) is 9.77. The first kappa shape index (κ1) is 9.30. The van der Waals surface area contributed by atoms with E-state index in [1.807, 2.05) is 30.3 Å². The molecule has 0 aromatic heterocycles. The van der Waals surface area contributed by atoms with Crippen LogP contribution in [0.5, 0.6) is 0 Å². The first-order valence-electron chi connectivity index (χ1n) is 3.23. The fourth-order valence-electron chi connectivity index (χ4n) is 0.782. The molecule has 60 valence electrons. The third-order valence-corrected chi connectivity index (χ3v) is 3.03. The van der Waals surface area contributed by atoms with Gasteiger partial charge in [-0.05, 0) is 5.56 Å². The van der Waals surface area contributed by atoms with Gasteiger partial charge in [0.15, 0.2) is 0 Å². The molecule has 0 spiro atoms. The van der Waals surface area contributed by atoms with Crippen molar-refractivity contribution in [3.63, 3.8) is 0 Å². The summed E-state index contributed by atoms with van der Waals surface area (Å²) in [7, 11) is 0. The van der Waals surface area contributed by atoms with E-state index < -0.39 is 4.08 Å². The van der Waals surface area contributed by atoms with E-state index >= 15 is 0 Å². The molecule has 0 saturated carbocycles. The second-order valence-electron chi connectivity index (χ2n) is 2.32. The quantitative estimate of drug-likeness (QED) is 0.413. The summed E-state index contributed by atoms with van der Waals surface area (Å²) in [6.07, 6.45) is 0. The minimum absolute atomic E-state index is 0.392. The van der Waals surface area contributed by atoms with Crippen molar-refractivity contribution < 1.29 is 0 Å². The van der Waals surface area contributed by atoms with Crippen molar-refractivity contribution in [3.8, 4) is 0 Å². The second kappa shape index (κ2) is 3.74. The van der Waals surface area contributed by atoms with Crippen LogP contribution in [0.25, 0.3) is 0 Å². The summed E-state index contributed by atoms with van der Waals surface area (Å²) in [4.78, 5) is 0. The highest BCUT2D eigenvalue weighted by Gasteiger charge is 2.20. The lowest BCUT2D eigenvalue weighted by atomic mass is 10.2. The Balaban J connectivity index is 2.93. The summed E-state index contributed by atoms with van der Waals surface area (Å²) in [5.41, 5.74) is 1.03. The van der Waals surface area contributed by atoms with E-state index in [1.54, 1.807) is 0 Å². The maximum atomic E-state index is 5.67. The smallest absolute Gasteiger partial charge is 0.0938 e. The normalized spacial score (nSPS) is 11.5. The molecule has 0 atom stereocenters. The van der Waals surface area contributed by atoms with Crippen LogP contribution in [0.2, 0.25) is 0 Å². The minimum atomic E-state index is -0.511. The van der Waals surface area contributed by atoms with E-state index in [0.717, 1.165) is 5.56 Å². The Morgan fingerprint density at radius 1 is 1.18 bits per heavy atom. The molecule has 0 bridgehead atoms. The first-order valence-corrected chi connectivity index (χ1v) is 4.66. The molecule has 1 aromatic carbocycles. The van der Waals surface area contributed by atoms with Crippen LogP contribution < -0.4 is 0 Å². The van der Waals surface area contributed by atoms with Crippen LogP contribution in [-0.2, 0) is 4.08 Å². The lowest BCUT2D eigenvalue weighted by molar-refractivity contribution is 1.04. The van der Waals surface area contributed by atoms with Crippen molar-refractivity contribution in [2.45, 2.75) is 4.08 Å². The highest BCUT2D eigenvalue weighted by molar-refractivity contribution is 7.99. The van der Waals surface area contributed by atoms with E-state index in [-0.39, 0.29) is 0 Å². The van der Waals surface area contributed by atoms with Crippen molar-refractivity contribution in [1.29, 1.82) is 0 Å². The van der Waals surface area contributed by atoms with Gasteiger partial charge in [0.25, 0.3) is 0 Å². The molecule has 0 aliphatic carbocycles. The van der Waals surface area contributed by atoms with Gasteiger partial charge in [-0.15, -0.1) is 11.6 Å². The summed E-state index contributed by atoms with van der Waals surface area (Å²) in [5.74, 6) is 0.392. The average Bonchev–Trinajstić information content (AvgIpc) is 2.06. The molecule has 1 aromatic rings. The largest absolute Gasteiger partial charge is 0.156 e. The number of benzene rings is 1. The number of hydrogen-bond acceptors (Lipinski definition) is 2. The SMILES string of the molecule is SC(S)(CCl)c1ccccc1. The second-order valence-corrected chi connectivity index (χ2v) is 4.46. The zero-order chi connectivity index (χ0) is 8.32. The molecule has 0 N–H and O–H groups in total. The van der Waals surface area contributed by atoms with E-state index in [9.17, 15) is 0 Å². The van der Waals surface area contributed by atoms with Crippen molar-refractivity contribution in [1.82, 2.24) is 0 Å². The maximum absolute atomic E-state index is 5.67. The third kappa shape index (κ3) is 2.32. The number of rotatable bonds is 2. The molecule has 0 amide bonds. The Bertz CT molecular complexity index is 221. The average molecular weight is 205 g/mol. The molecule has 1 rings (SSSR count). The van der Waals surface area contributed by atoms with Crippen LogP contribution in [0.4, 0.5) is 0 Å². The van der Waals surface area contributed by atoms with Gasteiger partial charge in [-0.25, -0.2) is 0 Å². The fourth-order valence-corrected chi connectivity index (χ4v) is 1.23. The van der Waals surface area contributed by atoms with Crippen LogP contribution in [0.1, 0.15) is 5.56 Å². The molecular weight excluding hydrogens is 196 g/mol. The fraction of sp³-hybridized carbons (Fsp3) is 0.250. The Morgan fingerprint density at radius 2 is 1.73 bits per heavy atom. The molecule has 0 unspecified atom stereocenters. The van der Waals surface area contributed by atoms with Crippen LogP contribution in [0.15, 0.2) is 30.3 Å². The molecule has 3 heteroatoms. The Labute approximate surface area is 82.8 Å². The topological polar surface area (TPSA) is 0 Å². The standard InChI is InChI=1S/C8H9ClS2/c9-6-8(10,11)7-4-2-1-3-5-7/h1-5,10-11H,6H2. The number of hydrogen-bond donors (Lipinski definition) is 2. The van der Waals surface area contributed by atoms with Crippen molar-refractivity contribution >= 4 is 36.9 Å². The molecule has 0 aliphatic heterocycles. The predicted molar refractivity (Wildman–Crippen MR) is 56.8 cm³/mol. The molecule has 11 heavy (non-hydrogen) atoms. The Morgan fingerprint density at radius 3 is 2.18 bits per heavy atom. The van der Waals surface area contributed by atoms with Gasteiger partial charge >= 0.3 is 0 Å². The van der Waals surface area contributed by atoms with E-state index in [0.29, 0.717) is 5.88 Å². The molecule has 0 radical (unpaired) electrons. The number of thiol groups is 2. The van der Waals surface area contributed by atoms with Gasteiger partial charge in [0, 0.05) is 5.88 Å². The van der Waals surface area contributed by atoms with Crippen molar-refractivity contribution in [2.24, 2.45) is 0 Å². The maximum Gasteiger partial charge on any atom is 0.0938 e. The number of alkyl halides is 1. The summed E-state index contributed by atoms with van der Waals surface area (Å²) in [5, 5.41) is 0. The third-order valence-electron chi connectivity index (χ3n) is 1.42. The molecule has 0 aliphatic rings. The summed E-state index contributed by atoms with van der Waals surface area (Å²) in [6.45, 7) is 0. The zero-order valence-electron chi connectivity index (χ0n) is 5.87. The monoisotopic (exact) mass is 204 g/mol.